The number of carbonyl (C=O) groups excluding carboxylic acids is 2. The average molecular weight is 399 g/mol. The summed E-state index contributed by atoms with van der Waals surface area (Å²) < 4.78 is 46.3. The predicted octanol–water partition coefficient (Wildman–Crippen LogP) is -1.44. The zero-order chi connectivity index (χ0) is 19.9. The molecule has 27 heavy (non-hydrogen) atoms. The van der Waals surface area contributed by atoms with Gasteiger partial charge < -0.3 is 24.1 Å². The normalized spacial score (nSPS) is 32.7. The van der Waals surface area contributed by atoms with Crippen molar-refractivity contribution in [3.8, 4) is 0 Å². The Morgan fingerprint density at radius 3 is 1.81 bits per heavy atom. The van der Waals surface area contributed by atoms with Gasteiger partial charge in [-0.15, -0.1) is 0 Å². The van der Waals surface area contributed by atoms with Crippen LogP contribution >= 0.6 is 0 Å². The zero-order valence-corrected chi connectivity index (χ0v) is 15.8. The van der Waals surface area contributed by atoms with Crippen molar-refractivity contribution in [2.75, 3.05) is 14.2 Å². The fourth-order valence-electron chi connectivity index (χ4n) is 3.81. The Labute approximate surface area is 156 Å². The molecule has 4 rings (SSSR count). The SMILES string of the molecule is COC(=O)[C@@H]1[C@@H]2O[C@@H]([C@H]3[NH2+][C@H]32)[C@@H]1C(=O)OC.Cc1ccc(S(=O)(=O)[O-])cc1. The van der Waals surface area contributed by atoms with E-state index >= 15 is 0 Å². The molecule has 3 aliphatic rings. The lowest BCUT2D eigenvalue weighted by atomic mass is 9.79. The number of hydrogen-bond donors (Lipinski definition) is 1. The molecule has 0 saturated carbocycles. The molecule has 0 aliphatic carbocycles. The summed E-state index contributed by atoms with van der Waals surface area (Å²) >= 11 is 0. The van der Waals surface area contributed by atoms with Crippen molar-refractivity contribution >= 4 is 22.1 Å². The van der Waals surface area contributed by atoms with Gasteiger partial charge in [-0.3, -0.25) is 9.59 Å². The molecule has 148 valence electrons. The van der Waals surface area contributed by atoms with Crippen molar-refractivity contribution in [1.29, 1.82) is 0 Å². The number of morpholine rings is 1. The zero-order valence-electron chi connectivity index (χ0n) is 15.0. The van der Waals surface area contributed by atoms with Gasteiger partial charge in [0.1, 0.15) is 34.2 Å². The third-order valence-electron chi connectivity index (χ3n) is 5.17. The summed E-state index contributed by atoms with van der Waals surface area (Å²) in [7, 11) is -1.61. The highest BCUT2D eigenvalue weighted by Gasteiger charge is 2.75. The van der Waals surface area contributed by atoms with Crippen LogP contribution < -0.4 is 5.32 Å². The number of rotatable bonds is 3. The number of benzene rings is 1. The summed E-state index contributed by atoms with van der Waals surface area (Å²) in [5.74, 6) is -1.74. The number of quaternary nitrogens is 1. The Hall–Kier alpha value is -2.01. The molecular weight excluding hydrogens is 378 g/mol. The minimum Gasteiger partial charge on any atom is -0.744 e. The first-order valence-electron chi connectivity index (χ1n) is 8.37. The van der Waals surface area contributed by atoms with Gasteiger partial charge in [-0.05, 0) is 19.1 Å². The number of fused-ring (bicyclic) bond motifs is 5. The van der Waals surface area contributed by atoms with Crippen molar-refractivity contribution in [1.82, 2.24) is 0 Å². The molecule has 0 aromatic heterocycles. The first kappa shape index (κ1) is 19.7. The molecule has 0 unspecified atom stereocenters. The molecule has 0 spiro atoms. The van der Waals surface area contributed by atoms with Crippen molar-refractivity contribution in [2.45, 2.75) is 36.1 Å². The Morgan fingerprint density at radius 1 is 1.00 bits per heavy atom. The van der Waals surface area contributed by atoms with E-state index in [-0.39, 0.29) is 29.0 Å². The first-order valence-corrected chi connectivity index (χ1v) is 9.78. The standard InChI is InChI=1S/C10H13NO5.C7H8O3S/c1-14-9(12)3-4(10(13)15-2)8-6-5(11-6)7(3)16-8;1-6-2-4-7(5-3-6)11(8,9)10/h3-8,11H,1-2H3;2-5H,1H3,(H,8,9,10)/t3-,4+,5+,6-,7-,8+;. The highest BCUT2D eigenvalue weighted by molar-refractivity contribution is 7.85. The van der Waals surface area contributed by atoms with Crippen molar-refractivity contribution < 1.29 is 42.1 Å². The van der Waals surface area contributed by atoms with Gasteiger partial charge in [0.15, 0.2) is 12.1 Å². The van der Waals surface area contributed by atoms with Crippen molar-refractivity contribution in [3.63, 3.8) is 0 Å². The van der Waals surface area contributed by atoms with Crippen LogP contribution in [0.15, 0.2) is 29.2 Å². The van der Waals surface area contributed by atoms with Crippen molar-refractivity contribution in [3.05, 3.63) is 29.8 Å². The summed E-state index contributed by atoms with van der Waals surface area (Å²) in [6.07, 6.45) is -0.377. The van der Waals surface area contributed by atoms with E-state index in [9.17, 15) is 22.6 Å². The molecule has 0 radical (unpaired) electrons. The number of esters is 2. The van der Waals surface area contributed by atoms with Gasteiger partial charge in [0, 0.05) is 0 Å². The van der Waals surface area contributed by atoms with E-state index in [0.717, 1.165) is 5.56 Å². The lowest BCUT2D eigenvalue weighted by Gasteiger charge is -2.20. The molecule has 0 amide bonds. The number of hydrogen-bond acceptors (Lipinski definition) is 8. The van der Waals surface area contributed by atoms with E-state index in [1.807, 2.05) is 6.92 Å². The second-order valence-electron chi connectivity index (χ2n) is 6.78. The number of methoxy groups -OCH3 is 2. The predicted molar refractivity (Wildman–Crippen MR) is 88.3 cm³/mol. The quantitative estimate of drug-likeness (QED) is 0.371. The summed E-state index contributed by atoms with van der Waals surface area (Å²) in [4.78, 5) is 23.2. The molecule has 1 aromatic carbocycles. The van der Waals surface area contributed by atoms with Gasteiger partial charge in [-0.2, -0.15) is 0 Å². The fourth-order valence-corrected chi connectivity index (χ4v) is 4.28. The van der Waals surface area contributed by atoms with E-state index in [2.05, 4.69) is 5.32 Å². The lowest BCUT2D eigenvalue weighted by Crippen LogP contribution is -2.68. The lowest BCUT2D eigenvalue weighted by molar-refractivity contribution is -0.539. The van der Waals surface area contributed by atoms with E-state index < -0.39 is 22.0 Å². The maximum absolute atomic E-state index is 11.7. The number of nitrogens with two attached hydrogens (primary N) is 1. The van der Waals surface area contributed by atoms with Crippen LogP contribution in [0.4, 0.5) is 0 Å². The Morgan fingerprint density at radius 2 is 1.44 bits per heavy atom. The van der Waals surface area contributed by atoms with E-state index in [0.29, 0.717) is 12.1 Å². The monoisotopic (exact) mass is 399 g/mol. The third kappa shape index (κ3) is 3.70. The Bertz CT molecular complexity index is 805. The molecule has 10 heteroatoms. The minimum atomic E-state index is -4.27. The molecule has 1 aromatic rings. The molecule has 2 N–H and O–H groups in total. The molecule has 3 aliphatic heterocycles. The van der Waals surface area contributed by atoms with E-state index in [4.69, 9.17) is 14.2 Å². The van der Waals surface area contributed by atoms with Gasteiger partial charge in [0.25, 0.3) is 0 Å². The molecule has 3 saturated heterocycles. The van der Waals surface area contributed by atoms with Crippen LogP contribution in [0.2, 0.25) is 0 Å². The second kappa shape index (κ2) is 7.19. The summed E-state index contributed by atoms with van der Waals surface area (Å²) in [6, 6.07) is 6.44. The molecular formula is C17H21NO8S. The van der Waals surface area contributed by atoms with Crippen LogP contribution in [-0.2, 0) is 33.9 Å². The third-order valence-corrected chi connectivity index (χ3v) is 6.02. The highest BCUT2D eigenvalue weighted by atomic mass is 32.2. The molecule has 3 heterocycles. The summed E-state index contributed by atoms with van der Waals surface area (Å²) in [6.45, 7) is 1.82. The van der Waals surface area contributed by atoms with Gasteiger partial charge in [-0.25, -0.2) is 8.42 Å². The maximum Gasteiger partial charge on any atom is 0.312 e. The van der Waals surface area contributed by atoms with Gasteiger partial charge in [0.2, 0.25) is 0 Å². The Balaban J connectivity index is 0.000000168. The van der Waals surface area contributed by atoms with Crippen LogP contribution in [-0.4, -0.2) is 63.4 Å². The smallest absolute Gasteiger partial charge is 0.312 e. The van der Waals surface area contributed by atoms with Crippen LogP contribution in [0.5, 0.6) is 0 Å². The van der Waals surface area contributed by atoms with Gasteiger partial charge in [-0.1, -0.05) is 17.7 Å². The summed E-state index contributed by atoms with van der Waals surface area (Å²) in [5, 5.41) is 2.14. The topological polar surface area (TPSA) is 136 Å². The Kier molecular flexibility index (Phi) is 5.26. The van der Waals surface area contributed by atoms with Gasteiger partial charge in [0.05, 0.1) is 19.1 Å². The number of ether oxygens (including phenoxy) is 3. The van der Waals surface area contributed by atoms with E-state index in [1.54, 1.807) is 12.1 Å². The highest BCUT2D eigenvalue weighted by Crippen LogP contribution is 2.46. The minimum absolute atomic E-state index is 0.178. The molecule has 2 bridgehead atoms. The number of aryl methyl sites for hydroxylation is 1. The molecule has 3 fully saturated rings. The average Bonchev–Trinajstić information content (AvgIpc) is 3.25. The largest absolute Gasteiger partial charge is 0.744 e. The fraction of sp³-hybridized carbons (Fsp3) is 0.529. The van der Waals surface area contributed by atoms with Crippen LogP contribution in [0.3, 0.4) is 0 Å². The van der Waals surface area contributed by atoms with Crippen LogP contribution in [0.25, 0.3) is 0 Å². The van der Waals surface area contributed by atoms with Crippen LogP contribution in [0, 0.1) is 18.8 Å². The van der Waals surface area contributed by atoms with Gasteiger partial charge >= 0.3 is 11.9 Å². The second-order valence-corrected chi connectivity index (χ2v) is 8.16. The van der Waals surface area contributed by atoms with Crippen LogP contribution in [0.1, 0.15) is 5.56 Å². The molecule has 6 atom stereocenters. The maximum atomic E-state index is 11.7. The first-order chi connectivity index (χ1) is 12.7. The molecule has 9 nitrogen and oxygen atoms in total. The van der Waals surface area contributed by atoms with Crippen molar-refractivity contribution in [2.24, 2.45) is 11.8 Å². The number of carbonyl (C=O) groups is 2. The van der Waals surface area contributed by atoms with E-state index in [1.165, 1.54) is 26.4 Å². The summed E-state index contributed by atoms with van der Waals surface area (Å²) in [5.41, 5.74) is 0.928.